The van der Waals surface area contributed by atoms with E-state index in [-0.39, 0.29) is 0 Å². The van der Waals surface area contributed by atoms with Crippen molar-refractivity contribution < 1.29 is 0 Å². The molecule has 0 radical (unpaired) electrons. The Morgan fingerprint density at radius 1 is 1.71 bits per heavy atom. The highest BCUT2D eigenvalue weighted by atomic mass is 16.4. The molecule has 0 aliphatic heterocycles. The van der Waals surface area contributed by atoms with E-state index in [2.05, 4.69) is 11.1 Å². The van der Waals surface area contributed by atoms with Gasteiger partial charge in [-0.15, -0.1) is 0 Å². The van der Waals surface area contributed by atoms with Crippen LogP contribution in [-0.4, -0.2) is 0 Å². The molecule has 2 heteroatoms. The van der Waals surface area contributed by atoms with Crippen LogP contribution in [0.4, 0.5) is 0 Å². The molecule has 0 amide bonds. The number of nitrogens with zero attached hydrogens (tertiary/aromatic N) is 1. The van der Waals surface area contributed by atoms with E-state index in [1.54, 1.807) is 0 Å². The molecule has 0 aliphatic rings. The molecule has 0 N–H and O–H groups in total. The van der Waals surface area contributed by atoms with Crippen molar-refractivity contribution in [3.05, 3.63) is 10.2 Å². The lowest BCUT2D eigenvalue weighted by Gasteiger charge is -1.86. The van der Waals surface area contributed by atoms with Gasteiger partial charge in [0.1, 0.15) is 0 Å². The third kappa shape index (κ3) is 5.29. The molecule has 0 saturated heterocycles. The Hall–Kier alpha value is -0.710. The van der Waals surface area contributed by atoms with Crippen molar-refractivity contribution in [1.82, 2.24) is 0 Å². The Balaban J connectivity index is 3.08. The van der Waals surface area contributed by atoms with Gasteiger partial charge < -0.3 is 5.21 Å². The molecule has 0 unspecified atom stereocenters. The predicted molar refractivity (Wildman–Crippen MR) is 30.1 cm³/mol. The van der Waals surface area contributed by atoms with Gasteiger partial charge in [0.15, 0.2) is 0 Å². The maximum absolute atomic E-state index is 9.35. The fraction of sp³-hybridized carbons (Fsp3) is 0.800. The molecule has 0 aromatic carbocycles. The van der Waals surface area contributed by atoms with Crippen LogP contribution in [-0.2, 0) is 0 Å². The topological polar surface area (TPSA) is 27.4 Å². The highest BCUT2D eigenvalue weighted by Crippen LogP contribution is 1.95. The van der Waals surface area contributed by atoms with Crippen molar-refractivity contribution in [3.63, 3.8) is 0 Å². The molecule has 0 saturated carbocycles. The van der Waals surface area contributed by atoms with E-state index in [0.29, 0.717) is 12.3 Å². The van der Waals surface area contributed by atoms with Crippen LogP contribution >= 0.6 is 0 Å². The second-order valence-electron chi connectivity index (χ2n) is 1.85. The fourth-order valence-electron chi connectivity index (χ4n) is 0.220. The first kappa shape index (κ1) is 6.29. The molecule has 0 aliphatic carbocycles. The van der Waals surface area contributed by atoms with Crippen LogP contribution in [0, 0.1) is 17.2 Å². The summed E-state index contributed by atoms with van der Waals surface area (Å²) in [6, 6.07) is 2.32. The van der Waals surface area contributed by atoms with Gasteiger partial charge in [-0.2, -0.15) is 0 Å². The van der Waals surface area contributed by atoms with Crippen molar-refractivity contribution in [2.45, 2.75) is 20.3 Å². The molecular formula is C5H9NO. The molecule has 0 bridgehead atoms. The van der Waals surface area contributed by atoms with Crippen molar-refractivity contribution in [2.75, 3.05) is 0 Å². The molecule has 0 aromatic heterocycles. The average Bonchev–Trinajstić information content (AvgIpc) is 1.61. The Morgan fingerprint density at radius 3 is 2.43 bits per heavy atom. The summed E-state index contributed by atoms with van der Waals surface area (Å²) in [4.78, 5) is 0. The van der Waals surface area contributed by atoms with Crippen molar-refractivity contribution in [1.29, 1.82) is 0 Å². The maximum Gasteiger partial charge on any atom is 0.298 e. The molecule has 0 atom stereocenters. The first-order valence-corrected chi connectivity index (χ1v) is 2.32. The zero-order valence-corrected chi connectivity index (χ0v) is 4.64. The van der Waals surface area contributed by atoms with E-state index < -0.39 is 0 Å². The van der Waals surface area contributed by atoms with E-state index in [4.69, 9.17) is 0 Å². The summed E-state index contributed by atoms with van der Waals surface area (Å²) in [6.45, 7) is 4.02. The second-order valence-corrected chi connectivity index (χ2v) is 1.85. The summed E-state index contributed by atoms with van der Waals surface area (Å²) in [7, 11) is 0. The average molecular weight is 99.1 g/mol. The third-order valence-corrected chi connectivity index (χ3v) is 0.564. The van der Waals surface area contributed by atoms with Crippen molar-refractivity contribution in [2.24, 2.45) is 5.92 Å². The van der Waals surface area contributed by atoms with Crippen LogP contribution < -0.4 is 0 Å². The number of hydrogen-bond acceptors (Lipinski definition) is 1. The minimum Gasteiger partial charge on any atom is -0.498 e. The largest absolute Gasteiger partial charge is 0.498 e. The normalized spacial score (nSPS) is 7.86. The maximum atomic E-state index is 9.35. The lowest BCUT2D eigenvalue weighted by molar-refractivity contribution is 0.675. The first-order valence-electron chi connectivity index (χ1n) is 2.32. The monoisotopic (exact) mass is 99.1 g/mol. The standard InChI is InChI=1S/C5H9NO/c1-5(2)3-4-6-7/h5H,3H2,1-2H3. The lowest BCUT2D eigenvalue weighted by atomic mass is 10.2. The molecule has 0 aromatic rings. The zero-order chi connectivity index (χ0) is 5.70. The number of rotatable bonds is 1. The Bertz CT molecular complexity index is 88.0. The van der Waals surface area contributed by atoms with Gasteiger partial charge in [-0.05, 0) is 5.92 Å². The Kier molecular flexibility index (Phi) is 3.13. The highest BCUT2D eigenvalue weighted by Gasteiger charge is 1.91. The van der Waals surface area contributed by atoms with Crippen LogP contribution in [0.2, 0.25) is 0 Å². The van der Waals surface area contributed by atoms with E-state index in [1.807, 2.05) is 13.8 Å². The smallest absolute Gasteiger partial charge is 0.298 e. The summed E-state index contributed by atoms with van der Waals surface area (Å²) in [6.07, 6.45) is 0.670. The van der Waals surface area contributed by atoms with Gasteiger partial charge in [-0.3, -0.25) is 0 Å². The molecule has 0 heterocycles. The molecule has 0 spiro atoms. The minimum absolute atomic E-state index is 0.498. The minimum atomic E-state index is 0.498. The fourth-order valence-corrected chi connectivity index (χ4v) is 0.220. The van der Waals surface area contributed by atoms with Crippen LogP contribution in [0.25, 0.3) is 5.01 Å². The van der Waals surface area contributed by atoms with Crippen molar-refractivity contribution in [3.8, 4) is 6.07 Å². The molecule has 7 heavy (non-hydrogen) atoms. The van der Waals surface area contributed by atoms with Gasteiger partial charge in [-0.1, -0.05) is 13.8 Å². The second kappa shape index (κ2) is 3.48. The van der Waals surface area contributed by atoms with Crippen LogP contribution in [0.1, 0.15) is 20.3 Å². The molecular weight excluding hydrogens is 90.1 g/mol. The van der Waals surface area contributed by atoms with Crippen molar-refractivity contribution >= 4 is 0 Å². The SMILES string of the molecule is CC(C)CC#[N+][O-]. The quantitative estimate of drug-likeness (QED) is 0.461. The summed E-state index contributed by atoms with van der Waals surface area (Å²) < 4.78 is 0. The zero-order valence-electron chi connectivity index (χ0n) is 4.64. The Labute approximate surface area is 43.5 Å². The molecule has 0 fully saturated rings. The lowest BCUT2D eigenvalue weighted by Crippen LogP contribution is -1.79. The number of hydrogen-bond donors (Lipinski definition) is 0. The Morgan fingerprint density at radius 2 is 2.29 bits per heavy atom. The summed E-state index contributed by atoms with van der Waals surface area (Å²) >= 11 is 0. The van der Waals surface area contributed by atoms with Gasteiger partial charge in [0, 0.05) is 5.01 Å². The van der Waals surface area contributed by atoms with E-state index in [0.717, 1.165) is 0 Å². The predicted octanol–water partition coefficient (Wildman–Crippen LogP) is 1.86. The highest BCUT2D eigenvalue weighted by molar-refractivity contribution is 4.87. The molecule has 0 rings (SSSR count). The molecule has 2 nitrogen and oxygen atoms in total. The van der Waals surface area contributed by atoms with E-state index in [9.17, 15) is 5.21 Å². The summed E-state index contributed by atoms with van der Waals surface area (Å²) in [5, 5.41) is 11.8. The van der Waals surface area contributed by atoms with E-state index in [1.165, 1.54) is 0 Å². The van der Waals surface area contributed by atoms with Crippen LogP contribution in [0.15, 0.2) is 0 Å². The van der Waals surface area contributed by atoms with Gasteiger partial charge in [0.05, 0.1) is 6.42 Å². The summed E-state index contributed by atoms with van der Waals surface area (Å²) in [5.41, 5.74) is 0. The van der Waals surface area contributed by atoms with Gasteiger partial charge >= 0.3 is 0 Å². The van der Waals surface area contributed by atoms with E-state index >= 15 is 0 Å². The van der Waals surface area contributed by atoms with Gasteiger partial charge in [0.2, 0.25) is 0 Å². The third-order valence-electron chi connectivity index (χ3n) is 0.564. The molecule has 40 valence electrons. The summed E-state index contributed by atoms with van der Waals surface area (Å²) in [5.74, 6) is 0.498. The van der Waals surface area contributed by atoms with Gasteiger partial charge in [0.25, 0.3) is 6.07 Å². The van der Waals surface area contributed by atoms with Crippen LogP contribution in [0.3, 0.4) is 0 Å². The first-order chi connectivity index (χ1) is 3.27. The van der Waals surface area contributed by atoms with Gasteiger partial charge in [-0.25, -0.2) is 0 Å². The van der Waals surface area contributed by atoms with Crippen LogP contribution in [0.5, 0.6) is 0 Å².